The summed E-state index contributed by atoms with van der Waals surface area (Å²) >= 11 is 0. The largest absolute Gasteiger partial charge is 0.297 e. The van der Waals surface area contributed by atoms with Crippen LogP contribution in [0.15, 0.2) is 29.2 Å². The number of halogens is 1. The fourth-order valence-corrected chi connectivity index (χ4v) is 5.28. The lowest BCUT2D eigenvalue weighted by Crippen LogP contribution is -2.47. The van der Waals surface area contributed by atoms with Crippen LogP contribution in [-0.4, -0.2) is 42.2 Å². The van der Waals surface area contributed by atoms with E-state index in [0.717, 1.165) is 19.4 Å². The second-order valence-electron chi connectivity index (χ2n) is 6.91. The molecule has 8 heteroatoms. The number of aromatic nitrogens is 2. The second kappa shape index (κ2) is 7.46. The standard InChI is InChI=1S/C18H25FN4O2S/c1-13-18(14(2)22(3)20-13)26(24,25)21-16-8-6-10-23(12-16)11-15-7-4-5-9-17(15)19/h4-5,7,9,16,21H,6,8,10-12H2,1-3H3. The normalized spacial score (nSPS) is 19.0. The Kier molecular flexibility index (Phi) is 5.45. The first-order chi connectivity index (χ1) is 12.3. The number of nitrogens with zero attached hydrogens (tertiary/aromatic N) is 3. The SMILES string of the molecule is Cc1nn(C)c(C)c1S(=O)(=O)NC1CCCN(Cc2ccccc2F)C1. The van der Waals surface area contributed by atoms with Crippen molar-refractivity contribution in [1.82, 2.24) is 19.4 Å². The third kappa shape index (κ3) is 3.97. The summed E-state index contributed by atoms with van der Waals surface area (Å²) in [7, 11) is -1.90. The molecule has 1 unspecified atom stereocenters. The monoisotopic (exact) mass is 380 g/mol. The molecule has 1 aliphatic heterocycles. The number of piperidine rings is 1. The molecule has 1 saturated heterocycles. The van der Waals surface area contributed by atoms with E-state index in [4.69, 9.17) is 0 Å². The van der Waals surface area contributed by atoms with Gasteiger partial charge < -0.3 is 0 Å². The minimum Gasteiger partial charge on any atom is -0.297 e. The molecule has 1 atom stereocenters. The highest BCUT2D eigenvalue weighted by Gasteiger charge is 2.29. The summed E-state index contributed by atoms with van der Waals surface area (Å²) in [4.78, 5) is 2.35. The van der Waals surface area contributed by atoms with Crippen molar-refractivity contribution in [1.29, 1.82) is 0 Å². The molecule has 0 radical (unpaired) electrons. The van der Waals surface area contributed by atoms with Gasteiger partial charge in [0.25, 0.3) is 0 Å². The van der Waals surface area contributed by atoms with Gasteiger partial charge in [-0.05, 0) is 39.3 Å². The van der Waals surface area contributed by atoms with E-state index in [9.17, 15) is 12.8 Å². The predicted molar refractivity (Wildman–Crippen MR) is 97.7 cm³/mol. The maximum Gasteiger partial charge on any atom is 0.244 e. The van der Waals surface area contributed by atoms with Crippen molar-refractivity contribution in [3.05, 3.63) is 47.0 Å². The lowest BCUT2D eigenvalue weighted by molar-refractivity contribution is 0.192. The van der Waals surface area contributed by atoms with Gasteiger partial charge in [-0.2, -0.15) is 5.10 Å². The van der Waals surface area contributed by atoms with Crippen molar-refractivity contribution in [3.8, 4) is 0 Å². The van der Waals surface area contributed by atoms with E-state index in [0.29, 0.717) is 30.0 Å². The number of rotatable bonds is 5. The topological polar surface area (TPSA) is 67.2 Å². The average Bonchev–Trinajstić information content (AvgIpc) is 2.82. The zero-order valence-electron chi connectivity index (χ0n) is 15.4. The number of likely N-dealkylation sites (tertiary alicyclic amines) is 1. The smallest absolute Gasteiger partial charge is 0.244 e. The van der Waals surface area contributed by atoms with Gasteiger partial charge in [0.05, 0.1) is 11.4 Å². The Balaban J connectivity index is 1.71. The molecular formula is C18H25FN4O2S. The molecule has 2 aromatic rings. The lowest BCUT2D eigenvalue weighted by Gasteiger charge is -2.33. The molecule has 0 aliphatic carbocycles. The molecule has 1 fully saturated rings. The number of nitrogens with one attached hydrogen (secondary N) is 1. The fourth-order valence-electron chi connectivity index (χ4n) is 3.58. The summed E-state index contributed by atoms with van der Waals surface area (Å²) in [5, 5.41) is 4.20. The maximum absolute atomic E-state index is 13.9. The maximum atomic E-state index is 13.9. The molecule has 1 aromatic heterocycles. The van der Waals surface area contributed by atoms with Crippen molar-refractivity contribution in [2.75, 3.05) is 13.1 Å². The minimum atomic E-state index is -3.64. The van der Waals surface area contributed by atoms with Gasteiger partial charge in [0.1, 0.15) is 10.7 Å². The van der Waals surface area contributed by atoms with Crippen LogP contribution in [-0.2, 0) is 23.6 Å². The van der Waals surface area contributed by atoms with Gasteiger partial charge in [-0.25, -0.2) is 17.5 Å². The van der Waals surface area contributed by atoms with E-state index >= 15 is 0 Å². The number of aryl methyl sites for hydroxylation is 2. The van der Waals surface area contributed by atoms with Crippen LogP contribution in [0.3, 0.4) is 0 Å². The number of sulfonamides is 1. The Hall–Kier alpha value is -1.77. The Bertz CT molecular complexity index is 895. The van der Waals surface area contributed by atoms with Crippen LogP contribution in [0.25, 0.3) is 0 Å². The first kappa shape index (κ1) is 19.0. The quantitative estimate of drug-likeness (QED) is 0.863. The molecular weight excluding hydrogens is 355 g/mol. The van der Waals surface area contributed by atoms with Crippen molar-refractivity contribution in [2.24, 2.45) is 7.05 Å². The Morgan fingerprint density at radius 3 is 2.69 bits per heavy atom. The summed E-state index contributed by atoms with van der Waals surface area (Å²) in [6.45, 7) is 5.33. The Labute approximate surface area is 154 Å². The predicted octanol–water partition coefficient (Wildman–Crippen LogP) is 2.12. The van der Waals surface area contributed by atoms with Gasteiger partial charge in [-0.1, -0.05) is 18.2 Å². The molecule has 0 amide bonds. The number of hydrogen-bond donors (Lipinski definition) is 1. The molecule has 1 aliphatic rings. The first-order valence-electron chi connectivity index (χ1n) is 8.76. The van der Waals surface area contributed by atoms with Crippen LogP contribution >= 0.6 is 0 Å². The van der Waals surface area contributed by atoms with E-state index in [1.165, 1.54) is 6.07 Å². The molecule has 2 heterocycles. The average molecular weight is 380 g/mol. The first-order valence-corrected chi connectivity index (χ1v) is 10.2. The molecule has 1 aromatic carbocycles. The van der Waals surface area contributed by atoms with Crippen LogP contribution < -0.4 is 4.72 Å². The zero-order valence-corrected chi connectivity index (χ0v) is 16.2. The molecule has 0 bridgehead atoms. The third-order valence-electron chi connectivity index (χ3n) is 4.89. The summed E-state index contributed by atoms with van der Waals surface area (Å²) in [6, 6.07) is 6.51. The van der Waals surface area contributed by atoms with Gasteiger partial charge in [-0.15, -0.1) is 0 Å². The van der Waals surface area contributed by atoms with Gasteiger partial charge in [0, 0.05) is 31.7 Å². The minimum absolute atomic E-state index is 0.195. The van der Waals surface area contributed by atoms with Crippen molar-refractivity contribution < 1.29 is 12.8 Å². The molecule has 1 N–H and O–H groups in total. The molecule has 3 rings (SSSR count). The highest BCUT2D eigenvalue weighted by atomic mass is 32.2. The number of hydrogen-bond acceptors (Lipinski definition) is 4. The van der Waals surface area contributed by atoms with Crippen molar-refractivity contribution >= 4 is 10.0 Å². The zero-order chi connectivity index (χ0) is 18.9. The van der Waals surface area contributed by atoms with E-state index in [2.05, 4.69) is 14.7 Å². The summed E-state index contributed by atoms with van der Waals surface area (Å²) < 4.78 is 43.9. The number of benzene rings is 1. The van der Waals surface area contributed by atoms with Crippen LogP contribution in [0.2, 0.25) is 0 Å². The third-order valence-corrected chi connectivity index (χ3v) is 6.66. The van der Waals surface area contributed by atoms with Crippen molar-refractivity contribution in [3.63, 3.8) is 0 Å². The molecule has 0 saturated carbocycles. The van der Waals surface area contributed by atoms with Crippen molar-refractivity contribution in [2.45, 2.75) is 44.2 Å². The summed E-state index contributed by atoms with van der Waals surface area (Å²) in [5.41, 5.74) is 1.75. The van der Waals surface area contributed by atoms with E-state index in [1.54, 1.807) is 37.7 Å². The molecule has 6 nitrogen and oxygen atoms in total. The van der Waals surface area contributed by atoms with E-state index in [-0.39, 0.29) is 16.8 Å². The fraction of sp³-hybridized carbons (Fsp3) is 0.500. The van der Waals surface area contributed by atoms with Gasteiger partial charge in [0.2, 0.25) is 10.0 Å². The van der Waals surface area contributed by atoms with Crippen LogP contribution in [0, 0.1) is 19.7 Å². The highest BCUT2D eigenvalue weighted by molar-refractivity contribution is 7.89. The molecule has 26 heavy (non-hydrogen) atoms. The molecule has 142 valence electrons. The lowest BCUT2D eigenvalue weighted by atomic mass is 10.1. The van der Waals surface area contributed by atoms with Crippen LogP contribution in [0.4, 0.5) is 4.39 Å². The van der Waals surface area contributed by atoms with Crippen LogP contribution in [0.5, 0.6) is 0 Å². The van der Waals surface area contributed by atoms with E-state index < -0.39 is 10.0 Å². The summed E-state index contributed by atoms with van der Waals surface area (Å²) in [6.07, 6.45) is 1.64. The van der Waals surface area contributed by atoms with Gasteiger partial charge in [-0.3, -0.25) is 9.58 Å². The summed E-state index contributed by atoms with van der Waals surface area (Å²) in [5.74, 6) is -0.225. The second-order valence-corrected chi connectivity index (χ2v) is 8.56. The van der Waals surface area contributed by atoms with Gasteiger partial charge in [0.15, 0.2) is 0 Å². The Morgan fingerprint density at radius 2 is 2.04 bits per heavy atom. The van der Waals surface area contributed by atoms with Gasteiger partial charge >= 0.3 is 0 Å². The van der Waals surface area contributed by atoms with Crippen LogP contribution in [0.1, 0.15) is 29.8 Å². The van der Waals surface area contributed by atoms with E-state index in [1.807, 2.05) is 6.07 Å². The highest BCUT2D eigenvalue weighted by Crippen LogP contribution is 2.21. The Morgan fingerprint density at radius 1 is 1.31 bits per heavy atom. The molecule has 0 spiro atoms.